The molecule has 1 atom stereocenters. The van der Waals surface area contributed by atoms with E-state index in [0.29, 0.717) is 24.6 Å². The second-order valence-electron chi connectivity index (χ2n) is 5.36. The predicted molar refractivity (Wildman–Crippen MR) is 73.7 cm³/mol. The maximum Gasteiger partial charge on any atom is 0.309 e. The van der Waals surface area contributed by atoms with Crippen LogP contribution in [0.4, 0.5) is 0 Å². The first-order valence-electron chi connectivity index (χ1n) is 6.35. The molecule has 5 nitrogen and oxygen atoms in total. The Labute approximate surface area is 118 Å². The van der Waals surface area contributed by atoms with Crippen LogP contribution in [0, 0.1) is 22.7 Å². The number of carboxylic acid groups (broad SMARTS) is 1. The molecular formula is C13H20N2O3S. The summed E-state index contributed by atoms with van der Waals surface area (Å²) in [5.74, 6) is -0.210. The lowest BCUT2D eigenvalue weighted by Crippen LogP contribution is -2.47. The molecule has 1 N–H and O–H groups in total. The van der Waals surface area contributed by atoms with Crippen molar-refractivity contribution in [2.75, 3.05) is 24.6 Å². The summed E-state index contributed by atoms with van der Waals surface area (Å²) in [5.41, 5.74) is -0.807. The van der Waals surface area contributed by atoms with Crippen LogP contribution < -0.4 is 0 Å². The summed E-state index contributed by atoms with van der Waals surface area (Å²) < 4.78 is 0. The van der Waals surface area contributed by atoms with Crippen molar-refractivity contribution in [2.24, 2.45) is 11.3 Å². The average Bonchev–Trinajstić information content (AvgIpc) is 2.39. The van der Waals surface area contributed by atoms with E-state index in [1.807, 2.05) is 6.07 Å². The molecule has 0 aliphatic carbocycles. The van der Waals surface area contributed by atoms with Gasteiger partial charge in [0.15, 0.2) is 0 Å². The van der Waals surface area contributed by atoms with Crippen LogP contribution >= 0.6 is 11.8 Å². The number of nitrogens with zero attached hydrogens (tertiary/aromatic N) is 2. The third-order valence-corrected chi connectivity index (χ3v) is 4.52. The largest absolute Gasteiger partial charge is 0.481 e. The highest BCUT2D eigenvalue weighted by Crippen LogP contribution is 2.34. The fourth-order valence-electron chi connectivity index (χ4n) is 2.24. The highest BCUT2D eigenvalue weighted by molar-refractivity contribution is 8.00. The number of amides is 1. The Hall–Kier alpha value is -1.22. The summed E-state index contributed by atoms with van der Waals surface area (Å²) in [4.78, 5) is 25.0. The minimum atomic E-state index is -0.814. The van der Waals surface area contributed by atoms with Crippen LogP contribution in [0.1, 0.15) is 26.7 Å². The molecule has 19 heavy (non-hydrogen) atoms. The normalized spacial score (nSPS) is 19.8. The van der Waals surface area contributed by atoms with Gasteiger partial charge in [0.25, 0.3) is 0 Å². The number of hydrogen-bond donors (Lipinski definition) is 1. The number of rotatable bonds is 5. The van der Waals surface area contributed by atoms with Crippen LogP contribution in [0.5, 0.6) is 0 Å². The number of carboxylic acids is 1. The molecule has 1 saturated heterocycles. The van der Waals surface area contributed by atoms with E-state index in [2.05, 4.69) is 0 Å². The van der Waals surface area contributed by atoms with Crippen LogP contribution in [0.3, 0.4) is 0 Å². The van der Waals surface area contributed by atoms with Crippen LogP contribution in [-0.2, 0) is 9.59 Å². The summed E-state index contributed by atoms with van der Waals surface area (Å²) in [7, 11) is 0. The molecule has 106 valence electrons. The molecule has 0 radical (unpaired) electrons. The Morgan fingerprint density at radius 3 is 2.79 bits per heavy atom. The Bertz CT molecular complexity index is 390. The third-order valence-electron chi connectivity index (χ3n) is 3.74. The molecule has 0 spiro atoms. The van der Waals surface area contributed by atoms with Gasteiger partial charge in [0.1, 0.15) is 0 Å². The summed E-state index contributed by atoms with van der Waals surface area (Å²) >= 11 is 1.30. The van der Waals surface area contributed by atoms with E-state index in [1.54, 1.807) is 18.7 Å². The van der Waals surface area contributed by atoms with Crippen molar-refractivity contribution >= 4 is 23.6 Å². The molecule has 0 bridgehead atoms. The van der Waals surface area contributed by atoms with Crippen LogP contribution in [-0.4, -0.2) is 46.5 Å². The van der Waals surface area contributed by atoms with Gasteiger partial charge in [-0.2, -0.15) is 5.26 Å². The zero-order chi connectivity index (χ0) is 14.5. The van der Waals surface area contributed by atoms with Gasteiger partial charge in [-0.15, -0.1) is 11.8 Å². The Kier molecular flexibility index (Phi) is 5.67. The second kappa shape index (κ2) is 6.80. The molecule has 1 rings (SSSR count). The second-order valence-corrected chi connectivity index (χ2v) is 6.34. The molecule has 0 aromatic carbocycles. The minimum Gasteiger partial charge on any atom is -0.481 e. The van der Waals surface area contributed by atoms with Gasteiger partial charge in [-0.05, 0) is 32.6 Å². The summed E-state index contributed by atoms with van der Waals surface area (Å²) in [5, 5.41) is 17.7. The average molecular weight is 284 g/mol. The standard InChI is InChI=1S/C13H20N2O3S/c1-13(2,12(17)18)10-4-3-6-15(8-10)11(16)9-19-7-5-14/h10H,3-4,6-9H2,1-2H3,(H,17,18). The van der Waals surface area contributed by atoms with E-state index in [1.165, 1.54) is 11.8 Å². The topological polar surface area (TPSA) is 81.4 Å². The smallest absolute Gasteiger partial charge is 0.309 e. The number of likely N-dealkylation sites (tertiary alicyclic amines) is 1. The van der Waals surface area contributed by atoms with Crippen LogP contribution in [0.15, 0.2) is 0 Å². The number of carbonyl (C=O) groups excluding carboxylic acids is 1. The van der Waals surface area contributed by atoms with E-state index in [4.69, 9.17) is 5.26 Å². The predicted octanol–water partition coefficient (Wildman–Crippen LogP) is 1.59. The van der Waals surface area contributed by atoms with Crippen molar-refractivity contribution < 1.29 is 14.7 Å². The first kappa shape index (κ1) is 15.8. The molecule has 1 unspecified atom stereocenters. The number of hydrogen-bond acceptors (Lipinski definition) is 4. The SMILES string of the molecule is CC(C)(C(=O)O)C1CCCN(C(=O)CSCC#N)C1. The van der Waals surface area contributed by atoms with Crippen LogP contribution in [0.25, 0.3) is 0 Å². The van der Waals surface area contributed by atoms with Gasteiger partial charge in [0.05, 0.1) is 23.0 Å². The number of nitriles is 1. The van der Waals surface area contributed by atoms with Crippen molar-refractivity contribution in [3.8, 4) is 6.07 Å². The maximum absolute atomic E-state index is 12.0. The molecule has 0 aromatic rings. The first-order valence-corrected chi connectivity index (χ1v) is 7.51. The zero-order valence-corrected chi connectivity index (χ0v) is 12.2. The highest BCUT2D eigenvalue weighted by atomic mass is 32.2. The molecule has 1 heterocycles. The molecule has 1 aliphatic heterocycles. The van der Waals surface area contributed by atoms with E-state index < -0.39 is 11.4 Å². The Morgan fingerprint density at radius 2 is 2.21 bits per heavy atom. The molecule has 1 fully saturated rings. The Balaban J connectivity index is 2.57. The lowest BCUT2D eigenvalue weighted by atomic mass is 9.74. The minimum absolute atomic E-state index is 0.00568. The van der Waals surface area contributed by atoms with Crippen molar-refractivity contribution in [3.63, 3.8) is 0 Å². The lowest BCUT2D eigenvalue weighted by Gasteiger charge is -2.39. The molecule has 0 aromatic heterocycles. The number of aliphatic carboxylic acids is 1. The number of thioether (sulfide) groups is 1. The van der Waals surface area contributed by atoms with E-state index in [-0.39, 0.29) is 11.8 Å². The van der Waals surface area contributed by atoms with E-state index in [0.717, 1.165) is 12.8 Å². The van der Waals surface area contributed by atoms with Crippen molar-refractivity contribution in [1.29, 1.82) is 5.26 Å². The fraction of sp³-hybridized carbons (Fsp3) is 0.769. The van der Waals surface area contributed by atoms with Crippen LogP contribution in [0.2, 0.25) is 0 Å². The van der Waals surface area contributed by atoms with E-state index in [9.17, 15) is 14.7 Å². The van der Waals surface area contributed by atoms with Gasteiger partial charge >= 0.3 is 5.97 Å². The van der Waals surface area contributed by atoms with E-state index >= 15 is 0 Å². The van der Waals surface area contributed by atoms with Gasteiger partial charge in [0, 0.05) is 13.1 Å². The Morgan fingerprint density at radius 1 is 1.53 bits per heavy atom. The van der Waals surface area contributed by atoms with Gasteiger partial charge in [-0.25, -0.2) is 0 Å². The first-order chi connectivity index (χ1) is 8.89. The quantitative estimate of drug-likeness (QED) is 0.775. The molecule has 1 aliphatic rings. The van der Waals surface area contributed by atoms with Crippen molar-refractivity contribution in [3.05, 3.63) is 0 Å². The zero-order valence-electron chi connectivity index (χ0n) is 11.4. The van der Waals surface area contributed by atoms with Crippen molar-refractivity contribution in [1.82, 2.24) is 4.90 Å². The molecule has 0 saturated carbocycles. The molecular weight excluding hydrogens is 264 g/mol. The molecule has 1 amide bonds. The number of carbonyl (C=O) groups is 2. The summed E-state index contributed by atoms with van der Waals surface area (Å²) in [6.07, 6.45) is 1.68. The summed E-state index contributed by atoms with van der Waals surface area (Å²) in [6.45, 7) is 4.64. The lowest BCUT2D eigenvalue weighted by molar-refractivity contribution is -0.152. The van der Waals surface area contributed by atoms with Gasteiger partial charge in [-0.3, -0.25) is 9.59 Å². The number of piperidine rings is 1. The van der Waals surface area contributed by atoms with Gasteiger partial charge in [-0.1, -0.05) is 0 Å². The highest BCUT2D eigenvalue weighted by Gasteiger charge is 2.39. The fourth-order valence-corrected chi connectivity index (χ4v) is 2.79. The monoisotopic (exact) mass is 284 g/mol. The summed E-state index contributed by atoms with van der Waals surface area (Å²) in [6, 6.07) is 1.99. The maximum atomic E-state index is 12.0. The van der Waals surface area contributed by atoms with Crippen molar-refractivity contribution in [2.45, 2.75) is 26.7 Å². The molecule has 6 heteroatoms. The van der Waals surface area contributed by atoms with Gasteiger partial charge < -0.3 is 10.0 Å². The third kappa shape index (κ3) is 4.13. The van der Waals surface area contributed by atoms with Gasteiger partial charge in [0.2, 0.25) is 5.91 Å².